The zero-order valence-corrected chi connectivity index (χ0v) is 8.16. The van der Waals surface area contributed by atoms with Gasteiger partial charge in [-0.05, 0) is 29.5 Å². The van der Waals surface area contributed by atoms with E-state index in [1.807, 2.05) is 6.92 Å². The summed E-state index contributed by atoms with van der Waals surface area (Å²) in [5, 5.41) is 16.6. The third kappa shape index (κ3) is 1.61. The highest BCUT2D eigenvalue weighted by Crippen LogP contribution is 2.12. The molecule has 0 bridgehead atoms. The first-order valence-electron chi connectivity index (χ1n) is 4.54. The van der Waals surface area contributed by atoms with E-state index in [4.69, 9.17) is 0 Å². The van der Waals surface area contributed by atoms with Crippen molar-refractivity contribution in [1.82, 2.24) is 19.8 Å². The number of phenolic OH excluding ortho intramolecular Hbond substituents is 1. The lowest BCUT2D eigenvalue weighted by Gasteiger charge is -1.97. The highest BCUT2D eigenvalue weighted by Gasteiger charge is 2.07. The van der Waals surface area contributed by atoms with Crippen molar-refractivity contribution >= 4 is 0 Å². The van der Waals surface area contributed by atoms with Crippen LogP contribution in [0.1, 0.15) is 6.92 Å². The Labute approximate surface area is 85.4 Å². The first-order valence-corrected chi connectivity index (χ1v) is 4.54. The summed E-state index contributed by atoms with van der Waals surface area (Å²) in [5.41, 5.74) is 0.183. The monoisotopic (exact) mass is 206 g/mol. The van der Waals surface area contributed by atoms with E-state index in [0.717, 1.165) is 4.68 Å². The fraction of sp³-hybridized carbons (Fsp3) is 0.222. The van der Waals surface area contributed by atoms with Crippen molar-refractivity contribution in [2.45, 2.75) is 13.5 Å². The number of rotatable bonds is 2. The van der Waals surface area contributed by atoms with E-state index < -0.39 is 0 Å². The summed E-state index contributed by atoms with van der Waals surface area (Å²) in [6.07, 6.45) is 0. The van der Waals surface area contributed by atoms with Crippen LogP contribution < -0.4 is 5.69 Å². The Kier molecular flexibility index (Phi) is 2.24. The Balaban J connectivity index is 2.55. The van der Waals surface area contributed by atoms with Crippen LogP contribution in [0.5, 0.6) is 5.75 Å². The standard InChI is InChI=1S/C9H10N4O2/c1-2-12-9(15)13(11-10-12)7-4-3-5-8(14)6-7/h3-6,14H,2H2,1H3. The summed E-state index contributed by atoms with van der Waals surface area (Å²) in [7, 11) is 0. The normalized spacial score (nSPS) is 10.5. The van der Waals surface area contributed by atoms with E-state index in [2.05, 4.69) is 10.4 Å². The fourth-order valence-electron chi connectivity index (χ4n) is 1.26. The molecule has 0 amide bonds. The van der Waals surface area contributed by atoms with Crippen molar-refractivity contribution in [2.24, 2.45) is 0 Å². The van der Waals surface area contributed by atoms with E-state index in [-0.39, 0.29) is 11.4 Å². The van der Waals surface area contributed by atoms with Gasteiger partial charge in [-0.1, -0.05) is 6.07 Å². The van der Waals surface area contributed by atoms with Gasteiger partial charge in [-0.2, -0.15) is 9.36 Å². The molecular formula is C9H10N4O2. The first-order chi connectivity index (χ1) is 7.22. The molecule has 15 heavy (non-hydrogen) atoms. The predicted octanol–water partition coefficient (Wildman–Crippen LogP) is 0.154. The Morgan fingerprint density at radius 1 is 1.40 bits per heavy atom. The fourth-order valence-corrected chi connectivity index (χ4v) is 1.26. The molecule has 0 saturated heterocycles. The van der Waals surface area contributed by atoms with Gasteiger partial charge in [-0.15, -0.1) is 0 Å². The maximum absolute atomic E-state index is 11.6. The van der Waals surface area contributed by atoms with E-state index in [1.54, 1.807) is 12.1 Å². The number of nitrogens with zero attached hydrogens (tertiary/aromatic N) is 4. The summed E-state index contributed by atoms with van der Waals surface area (Å²) in [5.74, 6) is 0.0884. The van der Waals surface area contributed by atoms with E-state index in [1.165, 1.54) is 16.8 Å². The van der Waals surface area contributed by atoms with Crippen LogP contribution in [0.3, 0.4) is 0 Å². The summed E-state index contributed by atoms with van der Waals surface area (Å²) in [6, 6.07) is 6.30. The second kappa shape index (κ2) is 3.56. The third-order valence-electron chi connectivity index (χ3n) is 2.01. The summed E-state index contributed by atoms with van der Waals surface area (Å²) < 4.78 is 2.38. The lowest BCUT2D eigenvalue weighted by atomic mass is 10.3. The molecule has 6 nitrogen and oxygen atoms in total. The Hall–Kier alpha value is -2.11. The lowest BCUT2D eigenvalue weighted by molar-refractivity contribution is 0.474. The molecule has 0 unspecified atom stereocenters. The third-order valence-corrected chi connectivity index (χ3v) is 2.01. The second-order valence-electron chi connectivity index (χ2n) is 3.01. The van der Waals surface area contributed by atoms with E-state index in [9.17, 15) is 9.90 Å². The summed E-state index contributed by atoms with van der Waals surface area (Å²) >= 11 is 0. The average molecular weight is 206 g/mol. The average Bonchev–Trinajstić information content (AvgIpc) is 2.59. The van der Waals surface area contributed by atoms with Gasteiger partial charge in [0.05, 0.1) is 5.69 Å². The van der Waals surface area contributed by atoms with Crippen LogP contribution in [0, 0.1) is 0 Å². The molecule has 0 saturated carbocycles. The molecule has 0 aliphatic rings. The zero-order valence-electron chi connectivity index (χ0n) is 8.16. The molecular weight excluding hydrogens is 196 g/mol. The molecule has 6 heteroatoms. The highest BCUT2D eigenvalue weighted by atomic mass is 16.3. The SMILES string of the molecule is CCn1nnn(-c2cccc(O)c2)c1=O. The van der Waals surface area contributed by atoms with Gasteiger partial charge in [0.1, 0.15) is 5.75 Å². The number of hydrogen-bond acceptors (Lipinski definition) is 4. The molecule has 78 valence electrons. The van der Waals surface area contributed by atoms with Crippen LogP contribution in [0.25, 0.3) is 5.69 Å². The molecule has 2 aromatic rings. The molecule has 1 aromatic heterocycles. The number of aromatic nitrogens is 4. The van der Waals surface area contributed by atoms with Crippen LogP contribution in [0.15, 0.2) is 29.1 Å². The van der Waals surface area contributed by atoms with Gasteiger partial charge in [0, 0.05) is 12.6 Å². The molecule has 2 rings (SSSR count). The Morgan fingerprint density at radius 3 is 2.80 bits per heavy atom. The number of tetrazole rings is 1. The topological polar surface area (TPSA) is 72.9 Å². The van der Waals surface area contributed by atoms with Gasteiger partial charge in [-0.3, -0.25) is 0 Å². The van der Waals surface area contributed by atoms with Gasteiger partial charge in [0.15, 0.2) is 0 Å². The molecule has 1 aromatic carbocycles. The number of benzene rings is 1. The smallest absolute Gasteiger partial charge is 0.368 e. The van der Waals surface area contributed by atoms with Crippen molar-refractivity contribution in [2.75, 3.05) is 0 Å². The molecule has 0 atom stereocenters. The molecule has 1 N–H and O–H groups in total. The minimum atomic E-state index is -0.317. The maximum Gasteiger partial charge on any atom is 0.368 e. The van der Waals surface area contributed by atoms with Gasteiger partial charge in [-0.25, -0.2) is 4.79 Å². The zero-order chi connectivity index (χ0) is 10.8. The molecule has 0 aliphatic carbocycles. The summed E-state index contributed by atoms with van der Waals surface area (Å²) in [6.45, 7) is 2.28. The minimum absolute atomic E-state index is 0.0884. The second-order valence-corrected chi connectivity index (χ2v) is 3.01. The quantitative estimate of drug-likeness (QED) is 0.759. The predicted molar refractivity (Wildman–Crippen MR) is 53.0 cm³/mol. The number of phenols is 1. The molecule has 0 fully saturated rings. The van der Waals surface area contributed by atoms with Gasteiger partial charge in [0.2, 0.25) is 0 Å². The summed E-state index contributed by atoms with van der Waals surface area (Å²) in [4.78, 5) is 11.6. The maximum atomic E-state index is 11.6. The Morgan fingerprint density at radius 2 is 2.20 bits per heavy atom. The van der Waals surface area contributed by atoms with Crippen LogP contribution >= 0.6 is 0 Å². The molecule has 1 heterocycles. The Bertz CT molecular complexity index is 529. The van der Waals surface area contributed by atoms with Crippen molar-refractivity contribution in [3.05, 3.63) is 34.7 Å². The van der Waals surface area contributed by atoms with Crippen LogP contribution in [0.2, 0.25) is 0 Å². The van der Waals surface area contributed by atoms with Crippen molar-refractivity contribution in [3.63, 3.8) is 0 Å². The van der Waals surface area contributed by atoms with Gasteiger partial charge >= 0.3 is 5.69 Å². The lowest BCUT2D eigenvalue weighted by Crippen LogP contribution is -2.23. The number of aromatic hydroxyl groups is 1. The number of aryl methyl sites for hydroxylation is 1. The minimum Gasteiger partial charge on any atom is -0.508 e. The van der Waals surface area contributed by atoms with Crippen molar-refractivity contribution < 1.29 is 5.11 Å². The first kappa shape index (κ1) is 9.45. The van der Waals surface area contributed by atoms with Gasteiger partial charge < -0.3 is 5.11 Å². The van der Waals surface area contributed by atoms with E-state index >= 15 is 0 Å². The molecule has 0 aliphatic heterocycles. The van der Waals surface area contributed by atoms with Crippen molar-refractivity contribution in [3.8, 4) is 11.4 Å². The number of hydrogen-bond donors (Lipinski definition) is 1. The van der Waals surface area contributed by atoms with E-state index in [0.29, 0.717) is 12.2 Å². The highest BCUT2D eigenvalue weighted by molar-refractivity contribution is 5.37. The van der Waals surface area contributed by atoms with Crippen LogP contribution in [-0.2, 0) is 6.54 Å². The molecule has 0 radical (unpaired) electrons. The largest absolute Gasteiger partial charge is 0.508 e. The van der Waals surface area contributed by atoms with Crippen molar-refractivity contribution in [1.29, 1.82) is 0 Å². The van der Waals surface area contributed by atoms with Crippen LogP contribution in [-0.4, -0.2) is 24.9 Å². The molecule has 0 spiro atoms. The van der Waals surface area contributed by atoms with Gasteiger partial charge in [0.25, 0.3) is 0 Å². The van der Waals surface area contributed by atoms with Crippen LogP contribution in [0.4, 0.5) is 0 Å².